The molecule has 0 atom stereocenters. The number of hydrogen-bond donors (Lipinski definition) is 1. The second-order valence-electron chi connectivity index (χ2n) is 4.17. The number of aromatic nitrogens is 2. The lowest BCUT2D eigenvalue weighted by molar-refractivity contribution is 0.415. The first-order chi connectivity index (χ1) is 9.15. The third-order valence-corrected chi connectivity index (χ3v) is 2.85. The zero-order valence-corrected chi connectivity index (χ0v) is 11.6. The topological polar surface area (TPSA) is 50.3 Å². The number of ether oxygens (including phenoxy) is 1. The van der Waals surface area contributed by atoms with Crippen molar-refractivity contribution in [2.75, 3.05) is 31.4 Å². The van der Waals surface area contributed by atoms with Crippen molar-refractivity contribution in [3.05, 3.63) is 36.0 Å². The molecule has 0 spiro atoms. The first-order valence-corrected chi connectivity index (χ1v) is 6.06. The maximum Gasteiger partial charge on any atom is 0.224 e. The molecular weight excluding hydrogens is 240 g/mol. The lowest BCUT2D eigenvalue weighted by Gasteiger charge is -2.21. The molecular formula is C14H18N4O. The Morgan fingerprint density at radius 3 is 2.63 bits per heavy atom. The van der Waals surface area contributed by atoms with Gasteiger partial charge in [0.2, 0.25) is 5.95 Å². The summed E-state index contributed by atoms with van der Waals surface area (Å²) in [6.07, 6.45) is 0. The lowest BCUT2D eigenvalue weighted by atomic mass is 10.2. The molecule has 0 radical (unpaired) electrons. The van der Waals surface area contributed by atoms with E-state index in [1.807, 2.05) is 56.3 Å². The molecule has 5 heteroatoms. The van der Waals surface area contributed by atoms with Gasteiger partial charge in [-0.05, 0) is 19.1 Å². The first kappa shape index (κ1) is 13.1. The molecule has 0 aliphatic rings. The lowest BCUT2D eigenvalue weighted by Crippen LogP contribution is -2.14. The van der Waals surface area contributed by atoms with Crippen LogP contribution in [0.25, 0.3) is 0 Å². The molecule has 5 nitrogen and oxygen atoms in total. The van der Waals surface area contributed by atoms with E-state index in [2.05, 4.69) is 15.3 Å². The van der Waals surface area contributed by atoms with Gasteiger partial charge in [-0.15, -0.1) is 0 Å². The Morgan fingerprint density at radius 1 is 1.21 bits per heavy atom. The fourth-order valence-electron chi connectivity index (χ4n) is 1.87. The minimum absolute atomic E-state index is 0.608. The highest BCUT2D eigenvalue weighted by Gasteiger charge is 2.12. The maximum absolute atomic E-state index is 5.37. The molecule has 0 saturated heterocycles. The highest BCUT2D eigenvalue weighted by atomic mass is 16.5. The highest BCUT2D eigenvalue weighted by Crippen LogP contribution is 2.31. The predicted molar refractivity (Wildman–Crippen MR) is 77.4 cm³/mol. The number of nitrogens with zero attached hydrogens (tertiary/aromatic N) is 3. The molecule has 1 heterocycles. The molecule has 2 aromatic rings. The van der Waals surface area contributed by atoms with Crippen molar-refractivity contribution in [3.8, 4) is 5.75 Å². The average molecular weight is 258 g/mol. The van der Waals surface area contributed by atoms with Crippen LogP contribution in [-0.2, 0) is 0 Å². The minimum atomic E-state index is 0.608. The van der Waals surface area contributed by atoms with E-state index < -0.39 is 0 Å². The van der Waals surface area contributed by atoms with Crippen LogP contribution in [0.5, 0.6) is 5.75 Å². The largest absolute Gasteiger partial charge is 0.495 e. The van der Waals surface area contributed by atoms with Crippen molar-refractivity contribution in [3.63, 3.8) is 0 Å². The molecule has 0 aliphatic heterocycles. The molecule has 100 valence electrons. The second kappa shape index (κ2) is 5.56. The second-order valence-corrected chi connectivity index (χ2v) is 4.17. The van der Waals surface area contributed by atoms with E-state index in [4.69, 9.17) is 4.74 Å². The van der Waals surface area contributed by atoms with Gasteiger partial charge in [-0.1, -0.05) is 12.1 Å². The molecule has 0 fully saturated rings. The van der Waals surface area contributed by atoms with Gasteiger partial charge in [-0.2, -0.15) is 4.98 Å². The summed E-state index contributed by atoms with van der Waals surface area (Å²) in [5, 5.41) is 2.96. The molecule has 0 saturated carbocycles. The monoisotopic (exact) mass is 258 g/mol. The maximum atomic E-state index is 5.37. The SMILES string of the molecule is CNc1nc(C)cc(N(C)c2ccccc2OC)n1. The summed E-state index contributed by atoms with van der Waals surface area (Å²) in [6.45, 7) is 1.95. The molecule has 1 aromatic heterocycles. The number of aryl methyl sites for hydroxylation is 1. The van der Waals surface area contributed by atoms with Gasteiger partial charge in [-0.3, -0.25) is 0 Å². The summed E-state index contributed by atoms with van der Waals surface area (Å²) in [6, 6.07) is 9.78. The Bertz CT molecular complexity index is 571. The highest BCUT2D eigenvalue weighted by molar-refractivity contribution is 5.67. The van der Waals surface area contributed by atoms with Crippen LogP contribution in [0.4, 0.5) is 17.5 Å². The van der Waals surface area contributed by atoms with E-state index in [0.29, 0.717) is 5.95 Å². The number of hydrogen-bond acceptors (Lipinski definition) is 5. The fraction of sp³-hybridized carbons (Fsp3) is 0.286. The van der Waals surface area contributed by atoms with Crippen molar-refractivity contribution >= 4 is 17.5 Å². The van der Waals surface area contributed by atoms with Gasteiger partial charge < -0.3 is 15.0 Å². The van der Waals surface area contributed by atoms with E-state index in [-0.39, 0.29) is 0 Å². The van der Waals surface area contributed by atoms with Crippen molar-refractivity contribution < 1.29 is 4.74 Å². The molecule has 19 heavy (non-hydrogen) atoms. The van der Waals surface area contributed by atoms with Crippen LogP contribution in [-0.4, -0.2) is 31.2 Å². The molecule has 0 aliphatic carbocycles. The summed E-state index contributed by atoms with van der Waals surface area (Å²) >= 11 is 0. The average Bonchev–Trinajstić information content (AvgIpc) is 2.45. The fourth-order valence-corrected chi connectivity index (χ4v) is 1.87. The van der Waals surface area contributed by atoms with Crippen LogP contribution in [0.15, 0.2) is 30.3 Å². The van der Waals surface area contributed by atoms with Crippen LogP contribution in [0.3, 0.4) is 0 Å². The van der Waals surface area contributed by atoms with E-state index in [1.165, 1.54) is 0 Å². The molecule has 1 N–H and O–H groups in total. The summed E-state index contributed by atoms with van der Waals surface area (Å²) in [5.41, 5.74) is 1.88. The molecule has 0 bridgehead atoms. The summed E-state index contributed by atoms with van der Waals surface area (Å²) in [5.74, 6) is 2.24. The molecule has 0 amide bonds. The third-order valence-electron chi connectivity index (χ3n) is 2.85. The van der Waals surface area contributed by atoms with Gasteiger partial charge >= 0.3 is 0 Å². The van der Waals surface area contributed by atoms with Gasteiger partial charge in [-0.25, -0.2) is 4.98 Å². The summed E-state index contributed by atoms with van der Waals surface area (Å²) in [7, 11) is 5.43. The zero-order chi connectivity index (χ0) is 13.8. The first-order valence-electron chi connectivity index (χ1n) is 6.06. The van der Waals surface area contributed by atoms with Crippen molar-refractivity contribution in [2.45, 2.75) is 6.92 Å². The molecule has 1 aromatic carbocycles. The zero-order valence-electron chi connectivity index (χ0n) is 11.6. The van der Waals surface area contributed by atoms with E-state index in [9.17, 15) is 0 Å². The van der Waals surface area contributed by atoms with Crippen LogP contribution in [0, 0.1) is 6.92 Å². The smallest absolute Gasteiger partial charge is 0.224 e. The van der Waals surface area contributed by atoms with Gasteiger partial charge in [0.05, 0.1) is 12.8 Å². The van der Waals surface area contributed by atoms with Crippen molar-refractivity contribution in [1.82, 2.24) is 9.97 Å². The van der Waals surface area contributed by atoms with Crippen LogP contribution < -0.4 is 15.0 Å². The standard InChI is InChI=1S/C14H18N4O/c1-10-9-13(17-14(15-2)16-10)18(3)11-7-5-6-8-12(11)19-4/h5-9H,1-4H3,(H,15,16,17). The normalized spacial score (nSPS) is 10.1. The Balaban J connectivity index is 2.43. The third kappa shape index (κ3) is 2.76. The van der Waals surface area contributed by atoms with Crippen LogP contribution in [0.2, 0.25) is 0 Å². The quantitative estimate of drug-likeness (QED) is 0.913. The van der Waals surface area contributed by atoms with Gasteiger partial charge in [0, 0.05) is 25.9 Å². The van der Waals surface area contributed by atoms with E-state index in [1.54, 1.807) is 7.11 Å². The van der Waals surface area contributed by atoms with Gasteiger partial charge in [0.15, 0.2) is 0 Å². The summed E-state index contributed by atoms with van der Waals surface area (Å²) in [4.78, 5) is 10.7. The Kier molecular flexibility index (Phi) is 3.85. The van der Waals surface area contributed by atoms with Crippen molar-refractivity contribution in [2.24, 2.45) is 0 Å². The van der Waals surface area contributed by atoms with E-state index in [0.717, 1.165) is 22.9 Å². The van der Waals surface area contributed by atoms with Crippen LogP contribution in [0.1, 0.15) is 5.69 Å². The summed E-state index contributed by atoms with van der Waals surface area (Å²) < 4.78 is 5.37. The Labute approximate surface area is 113 Å². The number of para-hydroxylation sites is 2. The van der Waals surface area contributed by atoms with Crippen molar-refractivity contribution in [1.29, 1.82) is 0 Å². The Hall–Kier alpha value is -2.30. The number of rotatable bonds is 4. The number of anilines is 3. The Morgan fingerprint density at radius 2 is 1.95 bits per heavy atom. The molecule has 2 rings (SSSR count). The predicted octanol–water partition coefficient (Wildman–Crippen LogP) is 2.60. The van der Waals surface area contributed by atoms with Crippen LogP contribution >= 0.6 is 0 Å². The molecule has 0 unspecified atom stereocenters. The number of benzene rings is 1. The number of nitrogens with one attached hydrogen (secondary N) is 1. The van der Waals surface area contributed by atoms with Gasteiger partial charge in [0.25, 0.3) is 0 Å². The minimum Gasteiger partial charge on any atom is -0.495 e. The van der Waals surface area contributed by atoms with E-state index >= 15 is 0 Å². The van der Waals surface area contributed by atoms with Gasteiger partial charge in [0.1, 0.15) is 11.6 Å². The number of methoxy groups -OCH3 is 1.